The van der Waals surface area contributed by atoms with Gasteiger partial charge in [0.25, 0.3) is 5.91 Å². The van der Waals surface area contributed by atoms with Crippen molar-refractivity contribution in [3.8, 4) is 22.7 Å². The Morgan fingerprint density at radius 1 is 1.07 bits per heavy atom. The largest absolute Gasteiger partial charge is 0.497 e. The van der Waals surface area contributed by atoms with Crippen molar-refractivity contribution >= 4 is 5.91 Å². The van der Waals surface area contributed by atoms with Crippen LogP contribution in [0.5, 0.6) is 5.75 Å². The van der Waals surface area contributed by atoms with Gasteiger partial charge in [0.15, 0.2) is 0 Å². The SMILES string of the molecule is COc1cccc(-c2cc(C(=O)NC(C)(C)C)n(-c3ccc(C)cc3C)n2)c1. The second kappa shape index (κ2) is 7.50. The number of rotatable bonds is 4. The van der Waals surface area contributed by atoms with Crippen molar-refractivity contribution in [2.24, 2.45) is 0 Å². The van der Waals surface area contributed by atoms with Crippen LogP contribution in [0.3, 0.4) is 0 Å². The lowest BCUT2D eigenvalue weighted by atomic mass is 10.1. The molecular formula is C23H27N3O2. The van der Waals surface area contributed by atoms with Gasteiger partial charge in [-0.25, -0.2) is 4.68 Å². The number of carbonyl (C=O) groups is 1. The zero-order chi connectivity index (χ0) is 20.5. The van der Waals surface area contributed by atoms with Gasteiger partial charge in [0.1, 0.15) is 11.4 Å². The van der Waals surface area contributed by atoms with Crippen molar-refractivity contribution in [3.63, 3.8) is 0 Å². The Hall–Kier alpha value is -3.08. The topological polar surface area (TPSA) is 56.1 Å². The minimum Gasteiger partial charge on any atom is -0.497 e. The number of amides is 1. The van der Waals surface area contributed by atoms with E-state index in [1.54, 1.807) is 11.8 Å². The van der Waals surface area contributed by atoms with Gasteiger partial charge in [0.2, 0.25) is 0 Å². The zero-order valence-corrected chi connectivity index (χ0v) is 17.3. The molecule has 5 nitrogen and oxygen atoms in total. The number of nitrogens with one attached hydrogen (secondary N) is 1. The molecule has 1 aromatic heterocycles. The molecule has 0 aliphatic rings. The average Bonchev–Trinajstić information content (AvgIpc) is 3.05. The number of ether oxygens (including phenoxy) is 1. The van der Waals surface area contributed by atoms with E-state index in [9.17, 15) is 4.79 Å². The van der Waals surface area contributed by atoms with Crippen molar-refractivity contribution < 1.29 is 9.53 Å². The Kier molecular flexibility index (Phi) is 5.27. The summed E-state index contributed by atoms with van der Waals surface area (Å²) < 4.78 is 7.06. The molecular weight excluding hydrogens is 350 g/mol. The molecule has 1 heterocycles. The predicted molar refractivity (Wildman–Crippen MR) is 112 cm³/mol. The highest BCUT2D eigenvalue weighted by Crippen LogP contribution is 2.26. The van der Waals surface area contributed by atoms with Crippen molar-refractivity contribution in [3.05, 3.63) is 65.4 Å². The number of hydrogen-bond acceptors (Lipinski definition) is 3. The van der Waals surface area contributed by atoms with E-state index < -0.39 is 0 Å². The lowest BCUT2D eigenvalue weighted by Gasteiger charge is -2.21. The van der Waals surface area contributed by atoms with Gasteiger partial charge in [-0.3, -0.25) is 4.79 Å². The Bertz CT molecular complexity index is 1010. The molecule has 1 amide bonds. The van der Waals surface area contributed by atoms with Gasteiger partial charge < -0.3 is 10.1 Å². The van der Waals surface area contributed by atoms with Crippen molar-refractivity contribution in [1.29, 1.82) is 0 Å². The lowest BCUT2D eigenvalue weighted by molar-refractivity contribution is 0.0911. The molecule has 0 saturated carbocycles. The summed E-state index contributed by atoms with van der Waals surface area (Å²) in [6.07, 6.45) is 0. The molecule has 0 spiro atoms. The minimum atomic E-state index is -0.343. The zero-order valence-electron chi connectivity index (χ0n) is 17.3. The van der Waals surface area contributed by atoms with Gasteiger partial charge in [0, 0.05) is 11.1 Å². The molecule has 3 rings (SSSR count). The highest BCUT2D eigenvalue weighted by Gasteiger charge is 2.22. The fourth-order valence-corrected chi connectivity index (χ4v) is 3.10. The highest BCUT2D eigenvalue weighted by molar-refractivity contribution is 5.95. The fourth-order valence-electron chi connectivity index (χ4n) is 3.10. The van der Waals surface area contributed by atoms with Crippen LogP contribution < -0.4 is 10.1 Å². The Balaban J connectivity index is 2.15. The molecule has 28 heavy (non-hydrogen) atoms. The Morgan fingerprint density at radius 3 is 2.46 bits per heavy atom. The van der Waals surface area contributed by atoms with E-state index in [1.807, 2.05) is 70.2 Å². The molecule has 0 fully saturated rings. The van der Waals surface area contributed by atoms with E-state index >= 15 is 0 Å². The molecule has 2 aromatic carbocycles. The van der Waals surface area contributed by atoms with Crippen molar-refractivity contribution in [2.75, 3.05) is 7.11 Å². The molecule has 3 aromatic rings. The second-order valence-electron chi connectivity index (χ2n) is 8.05. The molecule has 146 valence electrons. The normalized spacial score (nSPS) is 11.4. The first-order valence-electron chi connectivity index (χ1n) is 9.32. The standard InChI is InChI=1S/C23H27N3O2/c1-15-10-11-20(16(2)12-15)26-21(22(27)24-23(3,4)5)14-19(25-26)17-8-7-9-18(13-17)28-6/h7-14H,1-6H3,(H,24,27). The average molecular weight is 377 g/mol. The molecule has 1 N–H and O–H groups in total. The van der Waals surface area contributed by atoms with Crippen LogP contribution in [0.2, 0.25) is 0 Å². The van der Waals surface area contributed by atoms with E-state index in [1.165, 1.54) is 5.56 Å². The maximum absolute atomic E-state index is 13.0. The Morgan fingerprint density at radius 2 is 1.82 bits per heavy atom. The second-order valence-corrected chi connectivity index (χ2v) is 8.05. The summed E-state index contributed by atoms with van der Waals surface area (Å²) in [5.74, 6) is 0.591. The van der Waals surface area contributed by atoms with Crippen LogP contribution in [0.25, 0.3) is 16.9 Å². The van der Waals surface area contributed by atoms with Gasteiger partial charge in [-0.1, -0.05) is 29.8 Å². The van der Waals surface area contributed by atoms with Crippen molar-refractivity contribution in [2.45, 2.75) is 40.2 Å². The summed E-state index contributed by atoms with van der Waals surface area (Å²) >= 11 is 0. The van der Waals surface area contributed by atoms with E-state index in [4.69, 9.17) is 9.84 Å². The molecule has 0 bridgehead atoms. The maximum Gasteiger partial charge on any atom is 0.270 e. The smallest absolute Gasteiger partial charge is 0.270 e. The number of aryl methyl sites for hydroxylation is 2. The van der Waals surface area contributed by atoms with Crippen LogP contribution in [0.15, 0.2) is 48.5 Å². The lowest BCUT2D eigenvalue weighted by Crippen LogP contribution is -2.41. The Labute approximate surface area is 166 Å². The number of methoxy groups -OCH3 is 1. The number of hydrogen-bond donors (Lipinski definition) is 1. The predicted octanol–water partition coefficient (Wildman–Crippen LogP) is 4.69. The first kappa shape index (κ1) is 19.7. The van der Waals surface area contributed by atoms with Crippen LogP contribution in [0.4, 0.5) is 0 Å². The molecule has 0 aliphatic carbocycles. The summed E-state index contributed by atoms with van der Waals surface area (Å²) in [4.78, 5) is 13.0. The molecule has 0 aliphatic heterocycles. The van der Waals surface area contributed by atoms with Gasteiger partial charge in [0.05, 0.1) is 18.5 Å². The number of nitrogens with zero attached hydrogens (tertiary/aromatic N) is 2. The quantitative estimate of drug-likeness (QED) is 0.717. The van der Waals surface area contributed by atoms with E-state index in [-0.39, 0.29) is 11.4 Å². The van der Waals surface area contributed by atoms with Crippen molar-refractivity contribution in [1.82, 2.24) is 15.1 Å². The third kappa shape index (κ3) is 4.25. The maximum atomic E-state index is 13.0. The van der Waals surface area contributed by atoms with Crippen LogP contribution in [-0.2, 0) is 0 Å². The monoisotopic (exact) mass is 377 g/mol. The van der Waals surface area contributed by atoms with Gasteiger partial charge >= 0.3 is 0 Å². The van der Waals surface area contributed by atoms with E-state index in [0.29, 0.717) is 5.69 Å². The van der Waals surface area contributed by atoms with Gasteiger partial charge in [-0.15, -0.1) is 0 Å². The molecule has 0 saturated heterocycles. The first-order valence-corrected chi connectivity index (χ1v) is 9.32. The van der Waals surface area contributed by atoms with Crippen LogP contribution in [-0.4, -0.2) is 28.3 Å². The van der Waals surface area contributed by atoms with E-state index in [0.717, 1.165) is 28.3 Å². The summed E-state index contributed by atoms with van der Waals surface area (Å²) in [7, 11) is 1.63. The number of carbonyl (C=O) groups excluding carboxylic acids is 1. The molecule has 0 unspecified atom stereocenters. The summed E-state index contributed by atoms with van der Waals surface area (Å²) in [6.45, 7) is 9.97. The summed E-state index contributed by atoms with van der Waals surface area (Å²) in [6, 6.07) is 15.6. The molecule has 5 heteroatoms. The van der Waals surface area contributed by atoms with Crippen LogP contribution >= 0.6 is 0 Å². The van der Waals surface area contributed by atoms with Gasteiger partial charge in [-0.05, 0) is 64.4 Å². The molecule has 0 atom stereocenters. The third-order valence-corrected chi connectivity index (χ3v) is 4.38. The van der Waals surface area contributed by atoms with E-state index in [2.05, 4.69) is 18.3 Å². The van der Waals surface area contributed by atoms with Crippen LogP contribution in [0.1, 0.15) is 42.4 Å². The fraction of sp³-hybridized carbons (Fsp3) is 0.304. The first-order chi connectivity index (χ1) is 13.2. The van der Waals surface area contributed by atoms with Gasteiger partial charge in [-0.2, -0.15) is 5.10 Å². The molecule has 0 radical (unpaired) electrons. The highest BCUT2D eigenvalue weighted by atomic mass is 16.5. The number of benzene rings is 2. The minimum absolute atomic E-state index is 0.158. The third-order valence-electron chi connectivity index (χ3n) is 4.38. The van der Waals surface area contributed by atoms with Crippen LogP contribution in [0, 0.1) is 13.8 Å². The summed E-state index contributed by atoms with van der Waals surface area (Å²) in [5, 5.41) is 7.81. The number of aromatic nitrogens is 2. The summed E-state index contributed by atoms with van der Waals surface area (Å²) in [5.41, 5.74) is 4.89.